The average Bonchev–Trinajstić information content (AvgIpc) is 2.69. The number of rotatable bonds is 4. The van der Waals surface area contributed by atoms with Gasteiger partial charge in [-0.1, -0.05) is 24.3 Å². The van der Waals surface area contributed by atoms with Crippen LogP contribution in [0.1, 0.15) is 11.1 Å². The van der Waals surface area contributed by atoms with Gasteiger partial charge in [-0.15, -0.1) is 0 Å². The SMILES string of the molecule is O=C(C[NH+]1CCc2ccccc2C1)Nc1ccc(N2CCOCC2)cc1. The Hall–Kier alpha value is -2.37. The van der Waals surface area contributed by atoms with Gasteiger partial charge in [0.1, 0.15) is 6.54 Å². The van der Waals surface area contributed by atoms with Crippen LogP contribution in [0.4, 0.5) is 11.4 Å². The van der Waals surface area contributed by atoms with Crippen molar-refractivity contribution in [1.82, 2.24) is 0 Å². The maximum Gasteiger partial charge on any atom is 0.279 e. The normalized spacial score (nSPS) is 19.7. The largest absolute Gasteiger partial charge is 0.378 e. The summed E-state index contributed by atoms with van der Waals surface area (Å²) in [5, 5.41) is 3.04. The minimum Gasteiger partial charge on any atom is -0.378 e. The molecule has 5 heteroatoms. The molecule has 1 saturated heterocycles. The maximum atomic E-state index is 12.4. The lowest BCUT2D eigenvalue weighted by Gasteiger charge is -2.29. The molecule has 2 aliphatic heterocycles. The second-order valence-corrected chi connectivity index (χ2v) is 7.07. The molecule has 1 unspecified atom stereocenters. The Kier molecular flexibility index (Phi) is 5.18. The van der Waals surface area contributed by atoms with E-state index in [4.69, 9.17) is 4.74 Å². The van der Waals surface area contributed by atoms with E-state index in [1.165, 1.54) is 21.7 Å². The van der Waals surface area contributed by atoms with Crippen LogP contribution < -0.4 is 15.1 Å². The van der Waals surface area contributed by atoms with E-state index in [2.05, 4.69) is 46.6 Å². The van der Waals surface area contributed by atoms with Crippen molar-refractivity contribution in [2.45, 2.75) is 13.0 Å². The van der Waals surface area contributed by atoms with Crippen LogP contribution in [0.5, 0.6) is 0 Å². The Morgan fingerprint density at radius 1 is 1.04 bits per heavy atom. The first-order valence-corrected chi connectivity index (χ1v) is 9.41. The van der Waals surface area contributed by atoms with Gasteiger partial charge in [0, 0.05) is 36.4 Å². The van der Waals surface area contributed by atoms with Crippen molar-refractivity contribution < 1.29 is 14.4 Å². The molecule has 136 valence electrons. The van der Waals surface area contributed by atoms with Crippen LogP contribution in [0.3, 0.4) is 0 Å². The van der Waals surface area contributed by atoms with Crippen molar-refractivity contribution in [3.05, 3.63) is 59.7 Å². The molecule has 1 atom stereocenters. The summed E-state index contributed by atoms with van der Waals surface area (Å²) in [5.41, 5.74) is 4.85. The van der Waals surface area contributed by atoms with E-state index in [1.54, 1.807) is 0 Å². The maximum absolute atomic E-state index is 12.4. The molecule has 2 aromatic carbocycles. The third kappa shape index (κ3) is 4.06. The number of hydrogen-bond donors (Lipinski definition) is 2. The Morgan fingerprint density at radius 3 is 2.54 bits per heavy atom. The first-order valence-electron chi connectivity index (χ1n) is 9.41. The van der Waals surface area contributed by atoms with Gasteiger partial charge in [-0.05, 0) is 29.8 Å². The molecule has 26 heavy (non-hydrogen) atoms. The average molecular weight is 352 g/mol. The number of anilines is 2. The van der Waals surface area contributed by atoms with Crippen LogP contribution in [0.2, 0.25) is 0 Å². The number of quaternary nitrogens is 1. The number of carbonyl (C=O) groups excluding carboxylic acids is 1. The predicted octanol–water partition coefficient (Wildman–Crippen LogP) is 1.10. The van der Waals surface area contributed by atoms with Gasteiger partial charge in [-0.3, -0.25) is 4.79 Å². The summed E-state index contributed by atoms with van der Waals surface area (Å²) >= 11 is 0. The summed E-state index contributed by atoms with van der Waals surface area (Å²) in [4.78, 5) is 16.1. The number of hydrogen-bond acceptors (Lipinski definition) is 3. The summed E-state index contributed by atoms with van der Waals surface area (Å²) in [7, 11) is 0. The number of benzene rings is 2. The molecule has 5 nitrogen and oxygen atoms in total. The highest BCUT2D eigenvalue weighted by atomic mass is 16.5. The Balaban J connectivity index is 1.31. The number of carbonyl (C=O) groups is 1. The molecule has 2 aliphatic rings. The van der Waals surface area contributed by atoms with Crippen LogP contribution in [-0.2, 0) is 22.5 Å². The van der Waals surface area contributed by atoms with Gasteiger partial charge in [0.25, 0.3) is 5.91 Å². The van der Waals surface area contributed by atoms with E-state index in [0.29, 0.717) is 6.54 Å². The zero-order chi connectivity index (χ0) is 17.8. The monoisotopic (exact) mass is 352 g/mol. The Morgan fingerprint density at radius 2 is 1.77 bits per heavy atom. The quantitative estimate of drug-likeness (QED) is 0.866. The van der Waals surface area contributed by atoms with Crippen LogP contribution in [0.25, 0.3) is 0 Å². The van der Waals surface area contributed by atoms with Gasteiger partial charge in [-0.2, -0.15) is 0 Å². The molecular weight excluding hydrogens is 326 g/mol. The summed E-state index contributed by atoms with van der Waals surface area (Å²) in [6.07, 6.45) is 1.05. The minimum atomic E-state index is 0.0819. The zero-order valence-corrected chi connectivity index (χ0v) is 15.0. The molecule has 0 aromatic heterocycles. The van der Waals surface area contributed by atoms with Gasteiger partial charge in [-0.25, -0.2) is 0 Å². The summed E-state index contributed by atoms with van der Waals surface area (Å²) < 4.78 is 5.39. The molecule has 2 aromatic rings. The molecule has 4 rings (SSSR count). The molecule has 0 saturated carbocycles. The molecule has 0 spiro atoms. The second kappa shape index (κ2) is 7.89. The standard InChI is InChI=1S/C21H25N3O2/c25-21(16-23-10-9-17-3-1-2-4-18(17)15-23)22-19-5-7-20(8-6-19)24-11-13-26-14-12-24/h1-8H,9-16H2,(H,22,25)/p+1. The highest BCUT2D eigenvalue weighted by Crippen LogP contribution is 2.19. The fourth-order valence-electron chi connectivity index (χ4n) is 3.80. The topological polar surface area (TPSA) is 46.0 Å². The zero-order valence-electron chi connectivity index (χ0n) is 15.0. The van der Waals surface area contributed by atoms with Crippen LogP contribution in [0.15, 0.2) is 48.5 Å². The molecule has 0 bridgehead atoms. The van der Waals surface area contributed by atoms with Crippen molar-refractivity contribution in [1.29, 1.82) is 0 Å². The van der Waals surface area contributed by atoms with Gasteiger partial charge < -0.3 is 19.9 Å². The van der Waals surface area contributed by atoms with Crippen LogP contribution in [-0.4, -0.2) is 45.3 Å². The van der Waals surface area contributed by atoms with Crippen molar-refractivity contribution in [2.75, 3.05) is 49.6 Å². The van der Waals surface area contributed by atoms with Gasteiger partial charge in [0.05, 0.1) is 19.8 Å². The van der Waals surface area contributed by atoms with Crippen LogP contribution in [0, 0.1) is 0 Å². The fourth-order valence-corrected chi connectivity index (χ4v) is 3.80. The molecule has 0 aliphatic carbocycles. The van der Waals surface area contributed by atoms with E-state index in [0.717, 1.165) is 51.5 Å². The van der Waals surface area contributed by atoms with Gasteiger partial charge in [0.15, 0.2) is 6.54 Å². The third-order valence-corrected chi connectivity index (χ3v) is 5.24. The van der Waals surface area contributed by atoms with Gasteiger partial charge in [0.2, 0.25) is 0 Å². The molecule has 2 N–H and O–H groups in total. The Labute approximate surface area is 154 Å². The summed E-state index contributed by atoms with van der Waals surface area (Å²) in [6, 6.07) is 16.7. The Bertz CT molecular complexity index is 754. The number of fused-ring (bicyclic) bond motifs is 1. The first-order chi connectivity index (χ1) is 12.8. The fraction of sp³-hybridized carbons (Fsp3) is 0.381. The third-order valence-electron chi connectivity index (χ3n) is 5.24. The predicted molar refractivity (Wildman–Crippen MR) is 103 cm³/mol. The second-order valence-electron chi connectivity index (χ2n) is 7.07. The lowest BCUT2D eigenvalue weighted by molar-refractivity contribution is -0.907. The highest BCUT2D eigenvalue weighted by molar-refractivity contribution is 5.91. The van der Waals surface area contributed by atoms with E-state index in [9.17, 15) is 4.79 Å². The number of amides is 1. The van der Waals surface area contributed by atoms with Crippen LogP contribution >= 0.6 is 0 Å². The molecule has 0 radical (unpaired) electrons. The number of ether oxygens (including phenoxy) is 1. The van der Waals surface area contributed by atoms with E-state index >= 15 is 0 Å². The number of nitrogens with one attached hydrogen (secondary N) is 2. The van der Waals surface area contributed by atoms with E-state index < -0.39 is 0 Å². The summed E-state index contributed by atoms with van der Waals surface area (Å²) in [5.74, 6) is 0.0819. The van der Waals surface area contributed by atoms with Crippen molar-refractivity contribution in [2.24, 2.45) is 0 Å². The number of nitrogens with zero attached hydrogens (tertiary/aromatic N) is 1. The van der Waals surface area contributed by atoms with Crippen molar-refractivity contribution in [3.63, 3.8) is 0 Å². The molecule has 1 fully saturated rings. The molecule has 1 amide bonds. The van der Waals surface area contributed by atoms with Gasteiger partial charge >= 0.3 is 0 Å². The van der Waals surface area contributed by atoms with E-state index in [-0.39, 0.29) is 5.91 Å². The lowest BCUT2D eigenvalue weighted by Crippen LogP contribution is -3.12. The van der Waals surface area contributed by atoms with Crippen molar-refractivity contribution >= 4 is 17.3 Å². The lowest BCUT2D eigenvalue weighted by atomic mass is 10.00. The minimum absolute atomic E-state index is 0.0819. The molecular formula is C21H26N3O2+. The highest BCUT2D eigenvalue weighted by Gasteiger charge is 2.21. The first kappa shape index (κ1) is 17.1. The summed E-state index contributed by atoms with van der Waals surface area (Å²) in [6.45, 7) is 5.86. The molecule has 2 heterocycles. The van der Waals surface area contributed by atoms with E-state index in [1.807, 2.05) is 12.1 Å². The smallest absolute Gasteiger partial charge is 0.279 e. The number of morpholine rings is 1. The van der Waals surface area contributed by atoms with Crippen molar-refractivity contribution in [3.8, 4) is 0 Å².